The van der Waals surface area contributed by atoms with E-state index in [4.69, 9.17) is 5.73 Å². The van der Waals surface area contributed by atoms with Gasteiger partial charge in [-0.1, -0.05) is 34.1 Å². The van der Waals surface area contributed by atoms with E-state index in [2.05, 4.69) is 43.4 Å². The third kappa shape index (κ3) is 3.08. The van der Waals surface area contributed by atoms with E-state index in [-0.39, 0.29) is 6.04 Å². The first-order chi connectivity index (χ1) is 9.49. The van der Waals surface area contributed by atoms with Crippen LogP contribution in [0.15, 0.2) is 12.4 Å². The van der Waals surface area contributed by atoms with Gasteiger partial charge in [-0.3, -0.25) is 0 Å². The van der Waals surface area contributed by atoms with Crippen molar-refractivity contribution < 1.29 is 0 Å². The molecule has 0 saturated heterocycles. The van der Waals surface area contributed by atoms with Crippen molar-refractivity contribution in [3.63, 3.8) is 0 Å². The van der Waals surface area contributed by atoms with Crippen LogP contribution < -0.4 is 5.73 Å². The highest BCUT2D eigenvalue weighted by molar-refractivity contribution is 5.01. The molecule has 20 heavy (non-hydrogen) atoms. The van der Waals surface area contributed by atoms with Crippen molar-refractivity contribution in [2.24, 2.45) is 17.1 Å². The van der Waals surface area contributed by atoms with Crippen LogP contribution in [0.25, 0.3) is 0 Å². The largest absolute Gasteiger partial charge is 0.330 e. The summed E-state index contributed by atoms with van der Waals surface area (Å²) in [6.07, 6.45) is 11.1. The van der Waals surface area contributed by atoms with Gasteiger partial charge in [0.05, 0.1) is 6.04 Å². The Kier molecular flexibility index (Phi) is 4.90. The average Bonchev–Trinajstić information content (AvgIpc) is 2.87. The molecule has 1 aromatic rings. The summed E-state index contributed by atoms with van der Waals surface area (Å²) in [5.74, 6) is 1.98. The second kappa shape index (κ2) is 6.30. The van der Waals surface area contributed by atoms with Crippen LogP contribution in [-0.4, -0.2) is 15.6 Å². The van der Waals surface area contributed by atoms with Crippen LogP contribution in [0.4, 0.5) is 0 Å². The van der Waals surface area contributed by atoms with Gasteiger partial charge < -0.3 is 10.3 Å². The molecule has 3 nitrogen and oxygen atoms in total. The first-order valence-electron chi connectivity index (χ1n) is 8.26. The van der Waals surface area contributed by atoms with Gasteiger partial charge in [-0.2, -0.15) is 0 Å². The van der Waals surface area contributed by atoms with Crippen molar-refractivity contribution in [1.29, 1.82) is 0 Å². The van der Waals surface area contributed by atoms with Gasteiger partial charge in [0.2, 0.25) is 0 Å². The van der Waals surface area contributed by atoms with Crippen LogP contribution in [0.5, 0.6) is 0 Å². The topological polar surface area (TPSA) is 43.8 Å². The monoisotopic (exact) mass is 277 g/mol. The summed E-state index contributed by atoms with van der Waals surface area (Å²) in [7, 11) is 0. The second-order valence-electron chi connectivity index (χ2n) is 7.08. The number of rotatable bonds is 5. The van der Waals surface area contributed by atoms with Gasteiger partial charge >= 0.3 is 0 Å². The SMILES string of the molecule is CCCc1nccn1C1CC(C(C)(C)CC)CCC1N. The van der Waals surface area contributed by atoms with Crippen molar-refractivity contribution in [2.45, 2.75) is 78.3 Å². The number of hydrogen-bond donors (Lipinski definition) is 1. The fourth-order valence-corrected chi connectivity index (χ4v) is 3.55. The van der Waals surface area contributed by atoms with E-state index in [1.165, 1.54) is 25.1 Å². The average molecular weight is 277 g/mol. The van der Waals surface area contributed by atoms with E-state index in [1.54, 1.807) is 0 Å². The van der Waals surface area contributed by atoms with E-state index in [1.807, 2.05) is 6.20 Å². The normalized spacial score (nSPS) is 27.8. The predicted octanol–water partition coefficient (Wildman–Crippen LogP) is 3.94. The van der Waals surface area contributed by atoms with Crippen LogP contribution in [0.2, 0.25) is 0 Å². The molecule has 2 N–H and O–H groups in total. The smallest absolute Gasteiger partial charge is 0.108 e. The molecule has 114 valence electrons. The van der Waals surface area contributed by atoms with Crippen molar-refractivity contribution in [3.05, 3.63) is 18.2 Å². The lowest BCUT2D eigenvalue weighted by molar-refractivity contribution is 0.110. The lowest BCUT2D eigenvalue weighted by Gasteiger charge is -2.42. The molecule has 3 atom stereocenters. The summed E-state index contributed by atoms with van der Waals surface area (Å²) in [5, 5.41) is 0. The maximum atomic E-state index is 6.43. The number of aryl methyl sites for hydroxylation is 1. The Hall–Kier alpha value is -0.830. The fourth-order valence-electron chi connectivity index (χ4n) is 3.55. The molecular formula is C17H31N3. The lowest BCUT2D eigenvalue weighted by atomic mass is 9.67. The predicted molar refractivity (Wildman–Crippen MR) is 84.6 cm³/mol. The lowest BCUT2D eigenvalue weighted by Crippen LogP contribution is -2.41. The zero-order valence-electron chi connectivity index (χ0n) is 13.6. The molecule has 2 rings (SSSR count). The zero-order chi connectivity index (χ0) is 14.8. The number of nitrogens with two attached hydrogens (primary N) is 1. The first-order valence-corrected chi connectivity index (χ1v) is 8.26. The van der Waals surface area contributed by atoms with Crippen LogP contribution in [-0.2, 0) is 6.42 Å². The van der Waals surface area contributed by atoms with Crippen LogP contribution in [0.1, 0.15) is 71.7 Å². The Bertz CT molecular complexity index is 422. The number of aromatic nitrogens is 2. The third-order valence-electron chi connectivity index (χ3n) is 5.46. The van der Waals surface area contributed by atoms with Gasteiger partial charge in [0.1, 0.15) is 5.82 Å². The van der Waals surface area contributed by atoms with E-state index >= 15 is 0 Å². The minimum Gasteiger partial charge on any atom is -0.330 e. The van der Waals surface area contributed by atoms with Gasteiger partial charge in [-0.05, 0) is 37.0 Å². The van der Waals surface area contributed by atoms with Gasteiger partial charge in [0.25, 0.3) is 0 Å². The summed E-state index contributed by atoms with van der Waals surface area (Å²) in [6.45, 7) is 9.34. The van der Waals surface area contributed by atoms with Crippen molar-refractivity contribution in [2.75, 3.05) is 0 Å². The highest BCUT2D eigenvalue weighted by Gasteiger charge is 2.37. The molecule has 1 heterocycles. The molecule has 0 amide bonds. The molecule has 3 unspecified atom stereocenters. The maximum Gasteiger partial charge on any atom is 0.108 e. The highest BCUT2D eigenvalue weighted by Crippen LogP contribution is 2.43. The summed E-state index contributed by atoms with van der Waals surface area (Å²) in [5.41, 5.74) is 6.85. The molecule has 3 heteroatoms. The van der Waals surface area contributed by atoms with Gasteiger partial charge in [0, 0.05) is 24.9 Å². The van der Waals surface area contributed by atoms with E-state index in [9.17, 15) is 0 Å². The highest BCUT2D eigenvalue weighted by atomic mass is 15.1. The van der Waals surface area contributed by atoms with Crippen LogP contribution >= 0.6 is 0 Å². The summed E-state index contributed by atoms with van der Waals surface area (Å²) < 4.78 is 2.37. The Morgan fingerprint density at radius 1 is 1.35 bits per heavy atom. The molecule has 1 fully saturated rings. The number of hydrogen-bond acceptors (Lipinski definition) is 2. The molecule has 1 aliphatic rings. The van der Waals surface area contributed by atoms with Crippen molar-refractivity contribution in [3.8, 4) is 0 Å². The standard InChI is InChI=1S/C17H31N3/c1-5-7-16-19-10-11-20(16)15-12-13(8-9-14(15)18)17(3,4)6-2/h10-11,13-15H,5-9,12,18H2,1-4H3. The number of imidazole rings is 1. The summed E-state index contributed by atoms with van der Waals surface area (Å²) in [6, 6.07) is 0.715. The van der Waals surface area contributed by atoms with Gasteiger partial charge in [0.15, 0.2) is 0 Å². The molecule has 0 spiro atoms. The third-order valence-corrected chi connectivity index (χ3v) is 5.46. The van der Waals surface area contributed by atoms with Gasteiger partial charge in [-0.15, -0.1) is 0 Å². The van der Waals surface area contributed by atoms with Crippen molar-refractivity contribution >= 4 is 0 Å². The molecule has 0 radical (unpaired) electrons. The quantitative estimate of drug-likeness (QED) is 0.886. The number of nitrogens with zero attached hydrogens (tertiary/aromatic N) is 2. The fraction of sp³-hybridized carbons (Fsp3) is 0.824. The Balaban J connectivity index is 2.18. The zero-order valence-corrected chi connectivity index (χ0v) is 13.6. The van der Waals surface area contributed by atoms with Crippen molar-refractivity contribution in [1.82, 2.24) is 9.55 Å². The first kappa shape index (κ1) is 15.6. The summed E-state index contributed by atoms with van der Waals surface area (Å²) >= 11 is 0. The molecule has 1 aliphatic carbocycles. The van der Waals surface area contributed by atoms with E-state index in [0.717, 1.165) is 25.2 Å². The minimum absolute atomic E-state index is 0.281. The second-order valence-corrected chi connectivity index (χ2v) is 7.08. The molecule has 0 bridgehead atoms. The van der Waals surface area contributed by atoms with E-state index in [0.29, 0.717) is 11.5 Å². The Morgan fingerprint density at radius 3 is 2.75 bits per heavy atom. The van der Waals surface area contributed by atoms with Crippen LogP contribution in [0, 0.1) is 11.3 Å². The van der Waals surface area contributed by atoms with Gasteiger partial charge in [-0.25, -0.2) is 4.98 Å². The minimum atomic E-state index is 0.281. The van der Waals surface area contributed by atoms with Crippen LogP contribution in [0.3, 0.4) is 0 Å². The Labute approximate surface area is 124 Å². The molecular weight excluding hydrogens is 246 g/mol. The maximum absolute atomic E-state index is 6.43. The Morgan fingerprint density at radius 2 is 2.10 bits per heavy atom. The molecule has 0 aromatic carbocycles. The molecule has 0 aliphatic heterocycles. The molecule has 1 saturated carbocycles. The molecule has 1 aromatic heterocycles. The van der Waals surface area contributed by atoms with E-state index < -0.39 is 0 Å². The summed E-state index contributed by atoms with van der Waals surface area (Å²) in [4.78, 5) is 4.53.